The molecule has 0 aliphatic rings. The first-order valence-corrected chi connectivity index (χ1v) is 7.80. The second kappa shape index (κ2) is 10.3. The molecule has 0 atom stereocenters. The molecule has 0 aliphatic heterocycles. The molecular formula is C17H26IN5. The van der Waals surface area contributed by atoms with Crippen LogP contribution in [0.15, 0.2) is 47.7 Å². The molecule has 2 rings (SSSR count). The standard InChI is InChI=1S/C17H25N5.HI/c1-4-18-17(19-12-14(2)3)20-13-15-6-8-16(9-7-15)22-11-5-10-21-22;/h5-11,14H,4,12-13H2,1-3H3,(H2,18,19,20);1H. The molecule has 6 heteroatoms. The van der Waals surface area contributed by atoms with Crippen LogP contribution in [0, 0.1) is 5.92 Å². The van der Waals surface area contributed by atoms with Gasteiger partial charge >= 0.3 is 0 Å². The van der Waals surface area contributed by atoms with Gasteiger partial charge in [0.15, 0.2) is 5.96 Å². The molecular weight excluding hydrogens is 401 g/mol. The topological polar surface area (TPSA) is 54.2 Å². The average Bonchev–Trinajstić information content (AvgIpc) is 3.05. The molecule has 0 saturated heterocycles. The van der Waals surface area contributed by atoms with Crippen molar-refractivity contribution in [3.8, 4) is 5.69 Å². The number of rotatable bonds is 6. The van der Waals surface area contributed by atoms with Gasteiger partial charge in [-0.1, -0.05) is 26.0 Å². The van der Waals surface area contributed by atoms with Crippen LogP contribution in [0.3, 0.4) is 0 Å². The summed E-state index contributed by atoms with van der Waals surface area (Å²) in [5.41, 5.74) is 2.24. The molecule has 1 aromatic carbocycles. The van der Waals surface area contributed by atoms with E-state index in [0.29, 0.717) is 12.5 Å². The van der Waals surface area contributed by atoms with Crippen LogP contribution in [0.1, 0.15) is 26.3 Å². The highest BCUT2D eigenvalue weighted by molar-refractivity contribution is 14.0. The Kier molecular flexibility index (Phi) is 8.68. The molecule has 126 valence electrons. The molecule has 0 unspecified atom stereocenters. The minimum absolute atomic E-state index is 0. The summed E-state index contributed by atoms with van der Waals surface area (Å²) in [5, 5.41) is 10.8. The zero-order valence-corrected chi connectivity index (χ0v) is 16.3. The van der Waals surface area contributed by atoms with E-state index in [0.717, 1.165) is 24.7 Å². The maximum absolute atomic E-state index is 4.62. The van der Waals surface area contributed by atoms with Crippen LogP contribution in [0.5, 0.6) is 0 Å². The van der Waals surface area contributed by atoms with E-state index in [1.165, 1.54) is 5.56 Å². The van der Waals surface area contributed by atoms with Crippen LogP contribution in [-0.4, -0.2) is 28.8 Å². The lowest BCUT2D eigenvalue weighted by Crippen LogP contribution is -2.39. The van der Waals surface area contributed by atoms with Crippen molar-refractivity contribution >= 4 is 29.9 Å². The van der Waals surface area contributed by atoms with E-state index in [2.05, 4.69) is 65.8 Å². The summed E-state index contributed by atoms with van der Waals surface area (Å²) < 4.78 is 1.85. The highest BCUT2D eigenvalue weighted by atomic mass is 127. The lowest BCUT2D eigenvalue weighted by molar-refractivity contribution is 0.615. The van der Waals surface area contributed by atoms with E-state index in [1.54, 1.807) is 6.20 Å². The molecule has 23 heavy (non-hydrogen) atoms. The number of benzene rings is 1. The second-order valence-corrected chi connectivity index (χ2v) is 5.59. The summed E-state index contributed by atoms with van der Waals surface area (Å²) in [7, 11) is 0. The maximum Gasteiger partial charge on any atom is 0.191 e. The summed E-state index contributed by atoms with van der Waals surface area (Å²) in [6, 6.07) is 10.2. The van der Waals surface area contributed by atoms with Crippen LogP contribution >= 0.6 is 24.0 Å². The van der Waals surface area contributed by atoms with E-state index in [-0.39, 0.29) is 24.0 Å². The van der Waals surface area contributed by atoms with E-state index >= 15 is 0 Å². The van der Waals surface area contributed by atoms with Gasteiger partial charge in [0, 0.05) is 25.5 Å². The third-order valence-electron chi connectivity index (χ3n) is 3.15. The molecule has 2 N–H and O–H groups in total. The number of hydrogen-bond donors (Lipinski definition) is 2. The van der Waals surface area contributed by atoms with Crippen molar-refractivity contribution in [3.63, 3.8) is 0 Å². The first-order valence-electron chi connectivity index (χ1n) is 7.80. The van der Waals surface area contributed by atoms with Crippen molar-refractivity contribution in [2.75, 3.05) is 13.1 Å². The molecule has 0 amide bonds. The predicted molar refractivity (Wildman–Crippen MR) is 107 cm³/mol. The van der Waals surface area contributed by atoms with Crippen molar-refractivity contribution in [2.45, 2.75) is 27.3 Å². The van der Waals surface area contributed by atoms with Gasteiger partial charge in [0.25, 0.3) is 0 Å². The number of aromatic nitrogens is 2. The number of nitrogens with zero attached hydrogens (tertiary/aromatic N) is 3. The van der Waals surface area contributed by atoms with Gasteiger partial charge in [-0.25, -0.2) is 9.67 Å². The van der Waals surface area contributed by atoms with Gasteiger partial charge in [-0.3, -0.25) is 0 Å². The smallest absolute Gasteiger partial charge is 0.191 e. The van der Waals surface area contributed by atoms with Crippen LogP contribution in [0.2, 0.25) is 0 Å². The van der Waals surface area contributed by atoms with Gasteiger partial charge in [0.05, 0.1) is 12.2 Å². The molecule has 0 saturated carbocycles. The highest BCUT2D eigenvalue weighted by Crippen LogP contribution is 2.09. The lowest BCUT2D eigenvalue weighted by Gasteiger charge is -2.13. The van der Waals surface area contributed by atoms with Crippen molar-refractivity contribution in [1.29, 1.82) is 0 Å². The Labute approximate surface area is 155 Å². The Bertz CT molecular complexity index is 576. The minimum Gasteiger partial charge on any atom is -0.357 e. The number of halogens is 1. The summed E-state index contributed by atoms with van der Waals surface area (Å²) in [6.45, 7) is 8.89. The van der Waals surface area contributed by atoms with Crippen LogP contribution in [0.4, 0.5) is 0 Å². The molecule has 1 heterocycles. The Morgan fingerprint density at radius 1 is 1.22 bits per heavy atom. The second-order valence-electron chi connectivity index (χ2n) is 5.59. The summed E-state index contributed by atoms with van der Waals surface area (Å²) in [5.74, 6) is 1.46. The van der Waals surface area contributed by atoms with Crippen molar-refractivity contribution in [2.24, 2.45) is 10.9 Å². The van der Waals surface area contributed by atoms with Crippen LogP contribution in [-0.2, 0) is 6.54 Å². The number of hydrogen-bond acceptors (Lipinski definition) is 2. The van der Waals surface area contributed by atoms with Crippen molar-refractivity contribution < 1.29 is 0 Å². The third-order valence-corrected chi connectivity index (χ3v) is 3.15. The van der Waals surface area contributed by atoms with Crippen molar-refractivity contribution in [1.82, 2.24) is 20.4 Å². The quantitative estimate of drug-likeness (QED) is 0.423. The fourth-order valence-corrected chi connectivity index (χ4v) is 1.99. The van der Waals surface area contributed by atoms with E-state index < -0.39 is 0 Å². The third kappa shape index (κ3) is 6.60. The SMILES string of the molecule is CCNC(=NCc1ccc(-n2cccn2)cc1)NCC(C)C.I. The first-order chi connectivity index (χ1) is 10.7. The molecule has 0 fully saturated rings. The maximum atomic E-state index is 4.62. The molecule has 0 bridgehead atoms. The van der Waals surface area contributed by atoms with E-state index in [9.17, 15) is 0 Å². The lowest BCUT2D eigenvalue weighted by atomic mass is 10.2. The number of guanidine groups is 1. The Morgan fingerprint density at radius 3 is 2.52 bits per heavy atom. The first kappa shape index (κ1) is 19.5. The van der Waals surface area contributed by atoms with Crippen molar-refractivity contribution in [3.05, 3.63) is 48.3 Å². The Balaban J connectivity index is 0.00000264. The largest absolute Gasteiger partial charge is 0.357 e. The van der Waals surface area contributed by atoms with Crippen LogP contribution in [0.25, 0.3) is 5.69 Å². The molecule has 0 radical (unpaired) electrons. The highest BCUT2D eigenvalue weighted by Gasteiger charge is 2.00. The fraction of sp³-hybridized carbons (Fsp3) is 0.412. The fourth-order valence-electron chi connectivity index (χ4n) is 1.99. The van der Waals surface area contributed by atoms with Gasteiger partial charge in [0.2, 0.25) is 0 Å². The molecule has 1 aromatic heterocycles. The molecule has 0 spiro atoms. The van der Waals surface area contributed by atoms with Gasteiger partial charge in [-0.15, -0.1) is 24.0 Å². The normalized spacial score (nSPS) is 11.2. The van der Waals surface area contributed by atoms with E-state index in [1.807, 2.05) is 16.9 Å². The monoisotopic (exact) mass is 427 g/mol. The summed E-state index contributed by atoms with van der Waals surface area (Å²) >= 11 is 0. The summed E-state index contributed by atoms with van der Waals surface area (Å²) in [6.07, 6.45) is 3.72. The van der Waals surface area contributed by atoms with E-state index in [4.69, 9.17) is 0 Å². The zero-order valence-electron chi connectivity index (χ0n) is 14.0. The average molecular weight is 427 g/mol. The van der Waals surface area contributed by atoms with Gasteiger partial charge < -0.3 is 10.6 Å². The predicted octanol–water partition coefficient (Wildman–Crippen LogP) is 3.20. The van der Waals surface area contributed by atoms with Gasteiger partial charge in [0.1, 0.15) is 0 Å². The van der Waals surface area contributed by atoms with Gasteiger partial charge in [-0.05, 0) is 36.6 Å². The Morgan fingerprint density at radius 2 is 1.96 bits per heavy atom. The minimum atomic E-state index is 0. The molecule has 2 aromatic rings. The van der Waals surface area contributed by atoms with Crippen LogP contribution < -0.4 is 10.6 Å². The summed E-state index contributed by atoms with van der Waals surface area (Å²) in [4.78, 5) is 4.62. The zero-order chi connectivity index (χ0) is 15.8. The molecule has 0 aliphatic carbocycles. The number of nitrogens with one attached hydrogen (secondary N) is 2. The van der Waals surface area contributed by atoms with Gasteiger partial charge in [-0.2, -0.15) is 5.10 Å². The number of aliphatic imine (C=N–C) groups is 1. The molecule has 5 nitrogen and oxygen atoms in total. The Hall–Kier alpha value is -1.57.